The van der Waals surface area contributed by atoms with Gasteiger partial charge in [-0.15, -0.1) is 0 Å². The molecule has 2 nitrogen and oxygen atoms in total. The number of hydrogen-bond donors (Lipinski definition) is 1. The molecule has 0 fully saturated rings. The minimum Gasteiger partial charge on any atom is -0.456 e. The van der Waals surface area contributed by atoms with E-state index in [4.69, 9.17) is 16.0 Å². The Bertz CT molecular complexity index is 1540. The summed E-state index contributed by atoms with van der Waals surface area (Å²) in [6, 6.07) is 25.0. The number of H-pyrrole nitrogens is 1. The van der Waals surface area contributed by atoms with Crippen LogP contribution < -0.4 is 0 Å². The molecule has 28 heavy (non-hydrogen) atoms. The maximum absolute atomic E-state index is 6.27. The molecule has 4 heteroatoms. The van der Waals surface area contributed by atoms with Crippen LogP contribution in [-0.2, 0) is 0 Å². The zero-order chi connectivity index (χ0) is 18.8. The van der Waals surface area contributed by atoms with Crippen molar-refractivity contribution in [3.63, 3.8) is 0 Å². The van der Waals surface area contributed by atoms with E-state index in [1.165, 1.54) is 10.8 Å². The standard InChI is InChI=1S/C24H13BrClNO/c25-24-18(26)8-10-21-23(24)16-7-5-14(12-22(16)28-21)13-6-9-20-17(11-13)15-3-1-2-4-19(15)27-20/h1-12,27H. The molecule has 6 aromatic rings. The lowest BCUT2D eigenvalue weighted by atomic mass is 10.0. The van der Waals surface area contributed by atoms with Crippen molar-refractivity contribution < 1.29 is 4.42 Å². The van der Waals surface area contributed by atoms with E-state index in [0.29, 0.717) is 5.02 Å². The van der Waals surface area contributed by atoms with Crippen molar-refractivity contribution in [2.45, 2.75) is 0 Å². The first-order chi connectivity index (χ1) is 13.7. The highest BCUT2D eigenvalue weighted by molar-refractivity contribution is 9.10. The average molecular weight is 447 g/mol. The Morgan fingerprint density at radius 1 is 0.714 bits per heavy atom. The first kappa shape index (κ1) is 16.2. The van der Waals surface area contributed by atoms with Gasteiger partial charge in [-0.05, 0) is 69.5 Å². The fourth-order valence-electron chi connectivity index (χ4n) is 4.01. The maximum atomic E-state index is 6.27. The fraction of sp³-hybridized carbons (Fsp3) is 0. The van der Waals surface area contributed by atoms with Crippen molar-refractivity contribution in [3.8, 4) is 11.1 Å². The third kappa shape index (κ3) is 2.27. The zero-order valence-corrected chi connectivity index (χ0v) is 16.9. The number of aromatic nitrogens is 1. The van der Waals surface area contributed by atoms with Crippen LogP contribution in [0.3, 0.4) is 0 Å². The number of nitrogens with one attached hydrogen (secondary N) is 1. The first-order valence-corrected chi connectivity index (χ1v) is 10.2. The quantitative estimate of drug-likeness (QED) is 0.270. The molecule has 0 unspecified atom stereocenters. The molecular formula is C24H13BrClNO. The maximum Gasteiger partial charge on any atom is 0.136 e. The van der Waals surface area contributed by atoms with E-state index in [0.717, 1.165) is 48.6 Å². The lowest BCUT2D eigenvalue weighted by molar-refractivity contribution is 0.669. The van der Waals surface area contributed by atoms with Gasteiger partial charge in [0.1, 0.15) is 11.2 Å². The second kappa shape index (κ2) is 5.87. The van der Waals surface area contributed by atoms with Gasteiger partial charge >= 0.3 is 0 Å². The molecule has 0 aliphatic heterocycles. The van der Waals surface area contributed by atoms with Crippen LogP contribution in [0.15, 0.2) is 81.7 Å². The molecule has 2 aromatic heterocycles. The van der Waals surface area contributed by atoms with Crippen LogP contribution in [-0.4, -0.2) is 4.98 Å². The summed E-state index contributed by atoms with van der Waals surface area (Å²) in [5, 5.41) is 5.22. The summed E-state index contributed by atoms with van der Waals surface area (Å²) in [7, 11) is 0. The Hall–Kier alpha value is -2.75. The highest BCUT2D eigenvalue weighted by Gasteiger charge is 2.14. The molecule has 6 rings (SSSR count). The van der Waals surface area contributed by atoms with Gasteiger partial charge in [0.2, 0.25) is 0 Å². The molecule has 0 aliphatic rings. The van der Waals surface area contributed by atoms with Gasteiger partial charge in [0, 0.05) is 37.1 Å². The summed E-state index contributed by atoms with van der Waals surface area (Å²) in [5.41, 5.74) is 6.28. The number of rotatable bonds is 1. The predicted octanol–water partition coefficient (Wildman–Crippen LogP) is 8.30. The van der Waals surface area contributed by atoms with Crippen molar-refractivity contribution in [3.05, 3.63) is 82.3 Å². The van der Waals surface area contributed by atoms with E-state index in [2.05, 4.69) is 81.6 Å². The minimum absolute atomic E-state index is 0.684. The minimum atomic E-state index is 0.684. The number of halogens is 2. The number of aromatic amines is 1. The summed E-state index contributed by atoms with van der Waals surface area (Å²) < 4.78 is 6.97. The third-order valence-corrected chi connectivity index (χ3v) is 6.73. The van der Waals surface area contributed by atoms with E-state index in [9.17, 15) is 0 Å². The van der Waals surface area contributed by atoms with Gasteiger partial charge in [0.15, 0.2) is 0 Å². The molecule has 4 aromatic carbocycles. The Balaban J connectivity index is 1.58. The van der Waals surface area contributed by atoms with Crippen molar-refractivity contribution in [2.75, 3.05) is 0 Å². The largest absolute Gasteiger partial charge is 0.456 e. The van der Waals surface area contributed by atoms with Crippen molar-refractivity contribution >= 4 is 71.3 Å². The SMILES string of the molecule is Clc1ccc2oc3cc(-c4ccc5[nH]c6ccccc6c5c4)ccc3c2c1Br. The number of fused-ring (bicyclic) bond motifs is 6. The number of para-hydroxylation sites is 1. The van der Waals surface area contributed by atoms with Crippen LogP contribution in [0, 0.1) is 0 Å². The Morgan fingerprint density at radius 2 is 1.50 bits per heavy atom. The summed E-state index contributed by atoms with van der Waals surface area (Å²) >= 11 is 9.87. The van der Waals surface area contributed by atoms with Crippen molar-refractivity contribution in [1.82, 2.24) is 4.98 Å². The molecule has 0 saturated carbocycles. The Labute approximate surface area is 173 Å². The van der Waals surface area contributed by atoms with Crippen molar-refractivity contribution in [1.29, 1.82) is 0 Å². The molecule has 0 radical (unpaired) electrons. The van der Waals surface area contributed by atoms with Crippen LogP contribution >= 0.6 is 27.5 Å². The normalized spacial score (nSPS) is 11.9. The first-order valence-electron chi connectivity index (χ1n) is 9.00. The summed E-state index contributed by atoms with van der Waals surface area (Å²) in [6.07, 6.45) is 0. The van der Waals surface area contributed by atoms with Gasteiger partial charge < -0.3 is 9.40 Å². The molecule has 134 valence electrons. The molecule has 0 atom stereocenters. The molecule has 0 bridgehead atoms. The Morgan fingerprint density at radius 3 is 2.43 bits per heavy atom. The molecule has 0 saturated heterocycles. The predicted molar refractivity (Wildman–Crippen MR) is 121 cm³/mol. The number of hydrogen-bond acceptors (Lipinski definition) is 1. The molecule has 0 aliphatic carbocycles. The van der Waals surface area contributed by atoms with E-state index in [1.54, 1.807) is 0 Å². The van der Waals surface area contributed by atoms with Crippen molar-refractivity contribution in [2.24, 2.45) is 0 Å². The summed E-state index contributed by atoms with van der Waals surface area (Å²) in [6.45, 7) is 0. The second-order valence-corrected chi connectivity index (χ2v) is 8.18. The van der Waals surface area contributed by atoms with Gasteiger partial charge in [-0.2, -0.15) is 0 Å². The third-order valence-electron chi connectivity index (χ3n) is 5.37. The number of benzene rings is 4. The lowest BCUT2D eigenvalue weighted by Crippen LogP contribution is -1.78. The van der Waals surface area contributed by atoms with Crippen LogP contribution in [0.4, 0.5) is 0 Å². The van der Waals surface area contributed by atoms with Gasteiger partial charge in [-0.3, -0.25) is 0 Å². The molecule has 1 N–H and O–H groups in total. The second-order valence-electron chi connectivity index (χ2n) is 6.98. The monoisotopic (exact) mass is 445 g/mol. The van der Waals surface area contributed by atoms with Gasteiger partial charge in [0.05, 0.1) is 5.02 Å². The van der Waals surface area contributed by atoms with Crippen LogP contribution in [0.5, 0.6) is 0 Å². The van der Waals surface area contributed by atoms with Gasteiger partial charge in [-0.25, -0.2) is 0 Å². The topological polar surface area (TPSA) is 28.9 Å². The molecule has 0 amide bonds. The summed E-state index contributed by atoms with van der Waals surface area (Å²) in [5.74, 6) is 0. The molecule has 2 heterocycles. The molecular weight excluding hydrogens is 434 g/mol. The van der Waals surface area contributed by atoms with Crippen LogP contribution in [0.1, 0.15) is 0 Å². The zero-order valence-electron chi connectivity index (χ0n) is 14.6. The highest BCUT2D eigenvalue weighted by atomic mass is 79.9. The van der Waals surface area contributed by atoms with Crippen LogP contribution in [0.2, 0.25) is 5.02 Å². The van der Waals surface area contributed by atoms with Gasteiger partial charge in [0.25, 0.3) is 0 Å². The van der Waals surface area contributed by atoms with Gasteiger partial charge in [-0.1, -0.05) is 41.9 Å². The Kier molecular flexibility index (Phi) is 3.40. The highest BCUT2D eigenvalue weighted by Crippen LogP contribution is 2.39. The van der Waals surface area contributed by atoms with Crippen LogP contribution in [0.25, 0.3) is 54.9 Å². The lowest BCUT2D eigenvalue weighted by Gasteiger charge is -2.03. The average Bonchev–Trinajstić information content (AvgIpc) is 3.28. The fourth-order valence-corrected chi connectivity index (χ4v) is 4.71. The van der Waals surface area contributed by atoms with E-state index in [1.807, 2.05) is 12.1 Å². The molecule has 0 spiro atoms. The number of furan rings is 1. The smallest absolute Gasteiger partial charge is 0.136 e. The summed E-state index contributed by atoms with van der Waals surface area (Å²) in [4.78, 5) is 3.48. The van der Waals surface area contributed by atoms with E-state index < -0.39 is 0 Å². The van der Waals surface area contributed by atoms with E-state index in [-0.39, 0.29) is 0 Å². The van der Waals surface area contributed by atoms with E-state index >= 15 is 0 Å².